The molecule has 0 radical (unpaired) electrons. The molecule has 0 unspecified atom stereocenters. The SMILES string of the molecule is N/N=C(\N)SCC(=O)c1cc2cc(Br)cc(Br)c2oc1=O. The summed E-state index contributed by atoms with van der Waals surface area (Å²) in [4.78, 5) is 24.0. The Morgan fingerprint density at radius 1 is 1.33 bits per heavy atom. The Balaban J connectivity index is 2.43. The summed E-state index contributed by atoms with van der Waals surface area (Å²) >= 11 is 7.60. The second kappa shape index (κ2) is 6.63. The first-order valence-electron chi connectivity index (χ1n) is 5.54. The van der Waals surface area contributed by atoms with Crippen molar-refractivity contribution >= 4 is 65.5 Å². The number of carbonyl (C=O) groups is 1. The van der Waals surface area contributed by atoms with Gasteiger partial charge in [0.05, 0.1) is 10.2 Å². The van der Waals surface area contributed by atoms with Crippen molar-refractivity contribution in [3.8, 4) is 0 Å². The highest BCUT2D eigenvalue weighted by molar-refractivity contribution is 9.11. The summed E-state index contributed by atoms with van der Waals surface area (Å²) in [5.41, 5.74) is 5.04. The number of hydrazone groups is 1. The normalized spacial score (nSPS) is 11.8. The van der Waals surface area contributed by atoms with E-state index in [-0.39, 0.29) is 16.5 Å². The van der Waals surface area contributed by atoms with Crippen molar-refractivity contribution in [2.24, 2.45) is 16.7 Å². The van der Waals surface area contributed by atoms with Crippen LogP contribution in [0.3, 0.4) is 0 Å². The standard InChI is InChI=1S/C12H9Br2N3O3S/c13-6-1-5-2-7(9(18)4-21-12(15)17-16)11(19)20-10(5)8(14)3-6/h1-3H,4,16H2,(H2,15,17). The third-order valence-electron chi connectivity index (χ3n) is 2.53. The molecule has 0 saturated heterocycles. The highest BCUT2D eigenvalue weighted by Gasteiger charge is 2.16. The van der Waals surface area contributed by atoms with Crippen LogP contribution in [0.5, 0.6) is 0 Å². The Hall–Kier alpha value is -1.32. The molecule has 4 N–H and O–H groups in total. The first kappa shape index (κ1) is 16.1. The Morgan fingerprint density at radius 3 is 2.71 bits per heavy atom. The maximum atomic E-state index is 12.0. The fraction of sp³-hybridized carbons (Fsp3) is 0.0833. The fourth-order valence-corrected chi connectivity index (χ4v) is 3.45. The lowest BCUT2D eigenvalue weighted by molar-refractivity contribution is 0.101. The summed E-state index contributed by atoms with van der Waals surface area (Å²) in [5, 5.41) is 3.94. The first-order valence-corrected chi connectivity index (χ1v) is 8.11. The van der Waals surface area contributed by atoms with Gasteiger partial charge in [-0.2, -0.15) is 5.10 Å². The molecule has 0 aliphatic rings. The van der Waals surface area contributed by atoms with Crippen molar-refractivity contribution in [2.45, 2.75) is 0 Å². The lowest BCUT2D eigenvalue weighted by Gasteiger charge is -2.04. The maximum Gasteiger partial charge on any atom is 0.347 e. The molecule has 21 heavy (non-hydrogen) atoms. The molecule has 0 atom stereocenters. The molecule has 0 spiro atoms. The summed E-state index contributed by atoms with van der Waals surface area (Å²) in [7, 11) is 0. The molecule has 0 aliphatic carbocycles. The van der Waals surface area contributed by atoms with Crippen LogP contribution in [-0.2, 0) is 0 Å². The van der Waals surface area contributed by atoms with Gasteiger partial charge in [0, 0.05) is 9.86 Å². The summed E-state index contributed by atoms with van der Waals surface area (Å²) in [6, 6.07) is 5.00. The van der Waals surface area contributed by atoms with Crippen molar-refractivity contribution < 1.29 is 9.21 Å². The van der Waals surface area contributed by atoms with Gasteiger partial charge in [-0.05, 0) is 34.1 Å². The molecular weight excluding hydrogens is 426 g/mol. The Kier molecular flexibility index (Phi) is 5.07. The molecule has 0 aliphatic heterocycles. The van der Waals surface area contributed by atoms with E-state index in [9.17, 15) is 9.59 Å². The predicted octanol–water partition coefficient (Wildman–Crippen LogP) is 2.42. The predicted molar refractivity (Wildman–Crippen MR) is 90.5 cm³/mol. The van der Waals surface area contributed by atoms with Gasteiger partial charge in [-0.3, -0.25) is 4.79 Å². The molecule has 0 fully saturated rings. The quantitative estimate of drug-likeness (QED) is 0.191. The van der Waals surface area contributed by atoms with Gasteiger partial charge in [0.15, 0.2) is 16.5 Å². The number of carbonyl (C=O) groups excluding carboxylic acids is 1. The minimum absolute atomic E-state index is 0.0372. The van der Waals surface area contributed by atoms with Crippen LogP contribution in [0.1, 0.15) is 10.4 Å². The summed E-state index contributed by atoms with van der Waals surface area (Å²) in [6.07, 6.45) is 0. The molecule has 2 rings (SSSR count). The number of ketones is 1. The minimum Gasteiger partial charge on any atom is -0.421 e. The molecular formula is C12H9Br2N3O3S. The highest BCUT2D eigenvalue weighted by Crippen LogP contribution is 2.28. The monoisotopic (exact) mass is 433 g/mol. The Bertz CT molecular complexity index is 804. The van der Waals surface area contributed by atoms with Crippen LogP contribution in [0.15, 0.2) is 41.5 Å². The van der Waals surface area contributed by atoms with Gasteiger partial charge >= 0.3 is 5.63 Å². The van der Waals surface area contributed by atoms with E-state index >= 15 is 0 Å². The highest BCUT2D eigenvalue weighted by atomic mass is 79.9. The first-order chi connectivity index (χ1) is 9.92. The number of rotatable bonds is 3. The van der Waals surface area contributed by atoms with Crippen molar-refractivity contribution in [3.05, 3.63) is 43.1 Å². The van der Waals surface area contributed by atoms with Crippen LogP contribution in [-0.4, -0.2) is 16.7 Å². The summed E-state index contributed by atoms with van der Waals surface area (Å²) in [6.45, 7) is 0. The van der Waals surface area contributed by atoms with Crippen LogP contribution < -0.4 is 17.2 Å². The van der Waals surface area contributed by atoms with Crippen LogP contribution in [0, 0.1) is 0 Å². The molecule has 6 nitrogen and oxygen atoms in total. The molecule has 110 valence electrons. The van der Waals surface area contributed by atoms with E-state index in [1.165, 1.54) is 6.07 Å². The van der Waals surface area contributed by atoms with Crippen molar-refractivity contribution in [1.82, 2.24) is 0 Å². The number of Topliss-reactive ketones (excluding diaryl/α,β-unsaturated/α-hetero) is 1. The number of hydrogen-bond acceptors (Lipinski definition) is 6. The van der Waals surface area contributed by atoms with E-state index in [1.807, 2.05) is 0 Å². The van der Waals surface area contributed by atoms with Crippen LogP contribution in [0.25, 0.3) is 11.0 Å². The lowest BCUT2D eigenvalue weighted by Crippen LogP contribution is -2.18. The average molecular weight is 435 g/mol. The smallest absolute Gasteiger partial charge is 0.347 e. The third kappa shape index (κ3) is 3.66. The number of fused-ring (bicyclic) bond motifs is 1. The van der Waals surface area contributed by atoms with E-state index in [0.29, 0.717) is 15.4 Å². The van der Waals surface area contributed by atoms with Crippen LogP contribution >= 0.6 is 43.6 Å². The summed E-state index contributed by atoms with van der Waals surface area (Å²) < 4.78 is 6.61. The number of benzene rings is 1. The fourth-order valence-electron chi connectivity index (χ4n) is 1.61. The Morgan fingerprint density at radius 2 is 2.05 bits per heavy atom. The average Bonchev–Trinajstić information content (AvgIpc) is 2.44. The molecule has 1 aromatic carbocycles. The third-order valence-corrected chi connectivity index (χ3v) is 4.38. The van der Waals surface area contributed by atoms with Gasteiger partial charge in [-0.25, -0.2) is 4.79 Å². The van der Waals surface area contributed by atoms with Crippen LogP contribution in [0.4, 0.5) is 0 Å². The summed E-state index contributed by atoms with van der Waals surface area (Å²) in [5.74, 6) is 4.53. The molecule has 0 saturated carbocycles. The van der Waals surface area contributed by atoms with E-state index in [2.05, 4.69) is 37.0 Å². The number of amidine groups is 1. The second-order valence-corrected chi connectivity index (χ2v) is 6.70. The zero-order chi connectivity index (χ0) is 15.6. The minimum atomic E-state index is -0.695. The van der Waals surface area contributed by atoms with Crippen LogP contribution in [0.2, 0.25) is 0 Å². The largest absolute Gasteiger partial charge is 0.421 e. The molecule has 0 amide bonds. The van der Waals surface area contributed by atoms with E-state index in [4.69, 9.17) is 16.0 Å². The zero-order valence-corrected chi connectivity index (χ0v) is 14.4. The maximum absolute atomic E-state index is 12.0. The number of halogens is 2. The number of nitrogens with two attached hydrogens (primary N) is 2. The number of hydrogen-bond donors (Lipinski definition) is 2. The van der Waals surface area contributed by atoms with Crippen molar-refractivity contribution in [2.75, 3.05) is 5.75 Å². The van der Waals surface area contributed by atoms with Crippen molar-refractivity contribution in [1.29, 1.82) is 0 Å². The zero-order valence-electron chi connectivity index (χ0n) is 10.4. The van der Waals surface area contributed by atoms with Gasteiger partial charge in [0.2, 0.25) is 0 Å². The van der Waals surface area contributed by atoms with Crippen molar-refractivity contribution in [3.63, 3.8) is 0 Å². The topological polar surface area (TPSA) is 112 Å². The van der Waals surface area contributed by atoms with Gasteiger partial charge in [0.25, 0.3) is 0 Å². The number of thioether (sulfide) groups is 1. The van der Waals surface area contributed by atoms with E-state index in [1.54, 1.807) is 12.1 Å². The van der Waals surface area contributed by atoms with Gasteiger partial charge < -0.3 is 16.0 Å². The molecule has 0 bridgehead atoms. The molecule has 1 heterocycles. The van der Waals surface area contributed by atoms with E-state index in [0.717, 1.165) is 16.2 Å². The molecule has 2 aromatic rings. The second-order valence-electron chi connectivity index (χ2n) is 3.93. The van der Waals surface area contributed by atoms with Gasteiger partial charge in [-0.1, -0.05) is 27.7 Å². The van der Waals surface area contributed by atoms with Gasteiger partial charge in [0.1, 0.15) is 5.56 Å². The number of nitrogens with zero attached hydrogens (tertiary/aromatic N) is 1. The van der Waals surface area contributed by atoms with E-state index < -0.39 is 11.4 Å². The molecule has 1 aromatic heterocycles. The Labute approximate surface area is 140 Å². The molecule has 9 heteroatoms. The lowest BCUT2D eigenvalue weighted by atomic mass is 10.1. The van der Waals surface area contributed by atoms with Gasteiger partial charge in [-0.15, -0.1) is 0 Å².